The van der Waals surface area contributed by atoms with Gasteiger partial charge in [0.25, 0.3) is 0 Å². The molecule has 0 unspecified atom stereocenters. The number of hydrogen-bond acceptors (Lipinski definition) is 8. The van der Waals surface area contributed by atoms with E-state index in [1.807, 2.05) is 0 Å². The summed E-state index contributed by atoms with van der Waals surface area (Å²) in [6.45, 7) is 22.9. The third-order valence-electron chi connectivity index (χ3n) is 18.1. The summed E-state index contributed by atoms with van der Waals surface area (Å²) in [5.41, 5.74) is 0. The molecule has 0 aliphatic heterocycles. The zero-order chi connectivity index (χ0) is 62.2. The maximum atomic E-state index is 7.62. The smallest absolute Gasteiger partial charge is 0.205 e. The van der Waals surface area contributed by atoms with Gasteiger partial charge in [-0.2, -0.15) is 0 Å². The topological polar surface area (TPSA) is 73.8 Å². The Balaban J connectivity index is 1.84. The lowest BCUT2D eigenvalue weighted by Crippen LogP contribution is -2.11. The highest BCUT2D eigenvalue weighted by atomic mass is 16.5. The van der Waals surface area contributed by atoms with Gasteiger partial charge < -0.3 is 37.9 Å². The Hall–Kier alpha value is -4.72. The van der Waals surface area contributed by atoms with Gasteiger partial charge in [-0.3, -0.25) is 0 Å². The first-order valence-electron chi connectivity index (χ1n) is 37.3. The quantitative estimate of drug-likeness (QED) is 0.0212. The van der Waals surface area contributed by atoms with Gasteiger partial charge in [-0.15, -0.1) is 0 Å². The van der Waals surface area contributed by atoms with Gasteiger partial charge in [0.05, 0.1) is 63.6 Å². The van der Waals surface area contributed by atoms with Gasteiger partial charge in [0, 0.05) is 32.3 Å². The normalized spacial score (nSPS) is 11.8. The van der Waals surface area contributed by atoms with Gasteiger partial charge in [-0.25, -0.2) is 0 Å². The van der Waals surface area contributed by atoms with Crippen LogP contribution in [-0.4, -0.2) is 52.9 Å². The predicted octanol–water partition coefficient (Wildman–Crippen LogP) is 25.7. The van der Waals surface area contributed by atoms with Gasteiger partial charge in [-0.1, -0.05) is 285 Å². The lowest BCUT2D eigenvalue weighted by molar-refractivity contribution is 0.236. The summed E-state index contributed by atoms with van der Waals surface area (Å²) >= 11 is 0. The molecule has 88 heavy (non-hydrogen) atoms. The van der Waals surface area contributed by atoms with Crippen LogP contribution in [0.15, 0.2) is 36.4 Å². The van der Waals surface area contributed by atoms with E-state index in [1.54, 1.807) is 0 Å². The van der Waals surface area contributed by atoms with Crippen LogP contribution in [0.1, 0.15) is 312 Å². The summed E-state index contributed by atoms with van der Waals surface area (Å²) < 4.78 is 59.5. The molecule has 0 fully saturated rings. The third kappa shape index (κ3) is 21.7. The number of hydrogen-bond donors (Lipinski definition) is 0. The lowest BCUT2D eigenvalue weighted by Gasteiger charge is -2.29. The molecule has 0 N–H and O–H groups in total. The van der Waals surface area contributed by atoms with Crippen LogP contribution in [0, 0.1) is 0 Å². The second kappa shape index (κ2) is 43.9. The Morgan fingerprint density at radius 3 is 0.795 bits per heavy atom. The van der Waals surface area contributed by atoms with Crippen molar-refractivity contribution in [3.63, 3.8) is 0 Å². The fourth-order valence-electron chi connectivity index (χ4n) is 12.9. The predicted molar refractivity (Wildman–Crippen MR) is 379 cm³/mol. The van der Waals surface area contributed by atoms with Crippen molar-refractivity contribution in [3.8, 4) is 46.0 Å². The van der Waals surface area contributed by atoms with Crippen molar-refractivity contribution in [3.05, 3.63) is 36.4 Å². The largest absolute Gasteiger partial charge is 0.492 e. The van der Waals surface area contributed by atoms with Crippen molar-refractivity contribution in [1.82, 2.24) is 0 Å². The Morgan fingerprint density at radius 2 is 0.432 bits per heavy atom. The van der Waals surface area contributed by atoms with Crippen molar-refractivity contribution in [2.45, 2.75) is 312 Å². The molecule has 8 heteroatoms. The van der Waals surface area contributed by atoms with Crippen molar-refractivity contribution in [2.24, 2.45) is 0 Å². The summed E-state index contributed by atoms with van der Waals surface area (Å²) in [5, 5.41) is 10.4. The van der Waals surface area contributed by atoms with Crippen LogP contribution < -0.4 is 37.9 Å². The fraction of sp³-hybridized carbons (Fsp3) is 0.700. The number of ether oxygens (including phenoxy) is 8. The monoisotopic (exact) mass is 1210 g/mol. The molecule has 6 aromatic carbocycles. The SMILES string of the molecule is CCCCCCCOc1ccc2c(c1OCCCCCCC)c(OCCCCCCC)c1c3ccccc3c3c(OCCCCCCC)c(OCCCCCCC)c(OCCCCCCC)c4c(OCCCCCCC)c(OCCCCCCC)c2c1c43. The summed E-state index contributed by atoms with van der Waals surface area (Å²) in [6.07, 6.45) is 45.5. The fourth-order valence-corrected chi connectivity index (χ4v) is 12.9. The van der Waals surface area contributed by atoms with Crippen LogP contribution in [0.5, 0.6) is 46.0 Å². The number of benzene rings is 6. The molecular weight excluding hydrogens is 1090 g/mol. The average molecular weight is 1220 g/mol. The highest BCUT2D eigenvalue weighted by Crippen LogP contribution is 2.63. The molecule has 6 aromatic rings. The molecule has 0 aliphatic rings. The Bertz CT molecular complexity index is 2800. The number of unbranched alkanes of at least 4 members (excludes halogenated alkanes) is 32. The molecule has 0 saturated heterocycles. The maximum absolute atomic E-state index is 7.62. The standard InChI is InChI=1S/C80H126O8/c1-9-17-25-33-43-55-81-66-54-53-65-69-71-67(75(83-57-45-35-27-19-11-3)70(65)74(66)82-56-44-34-26-18-10-2)63-51-41-42-52-64(63)68-72(71)73(78(86-60-48-38-30-22-14-6)76(69)84-58-46-36-28-20-12-4)79(87-61-49-39-31-23-15-7)80(88-62-50-40-32-24-16-8)77(68)85-59-47-37-29-21-13-5/h41-42,51-54H,9-40,43-50,55-62H2,1-8H3. The van der Waals surface area contributed by atoms with Crippen molar-refractivity contribution in [2.75, 3.05) is 52.9 Å². The van der Waals surface area contributed by atoms with Crippen molar-refractivity contribution < 1.29 is 37.9 Å². The zero-order valence-corrected chi connectivity index (χ0v) is 57.7. The minimum absolute atomic E-state index is 0.551. The molecular formula is C80H126O8. The Labute approximate surface area is 536 Å². The number of rotatable bonds is 56. The summed E-state index contributed by atoms with van der Waals surface area (Å²) in [5.74, 6) is 6.12. The summed E-state index contributed by atoms with van der Waals surface area (Å²) in [7, 11) is 0. The minimum atomic E-state index is 0.551. The van der Waals surface area contributed by atoms with Crippen LogP contribution in [0.25, 0.3) is 53.9 Å². The van der Waals surface area contributed by atoms with Crippen LogP contribution in [0.4, 0.5) is 0 Å². The van der Waals surface area contributed by atoms with Crippen molar-refractivity contribution >= 4 is 53.9 Å². The van der Waals surface area contributed by atoms with E-state index in [-0.39, 0.29) is 0 Å². The first kappa shape index (κ1) is 72.3. The summed E-state index contributed by atoms with van der Waals surface area (Å²) in [4.78, 5) is 0. The highest BCUT2D eigenvalue weighted by molar-refractivity contribution is 6.43. The molecule has 0 spiro atoms. The second-order valence-corrected chi connectivity index (χ2v) is 25.7. The average Bonchev–Trinajstić information content (AvgIpc) is 0.682. The van der Waals surface area contributed by atoms with Gasteiger partial charge in [0.2, 0.25) is 5.75 Å². The van der Waals surface area contributed by atoms with Crippen LogP contribution in [0.2, 0.25) is 0 Å². The molecule has 8 nitrogen and oxygen atoms in total. The van der Waals surface area contributed by atoms with Gasteiger partial charge >= 0.3 is 0 Å². The molecule has 0 aromatic heterocycles. The number of fused-ring (bicyclic) bond motifs is 5. The second-order valence-electron chi connectivity index (χ2n) is 25.7. The summed E-state index contributed by atoms with van der Waals surface area (Å²) in [6, 6.07) is 13.5. The van der Waals surface area contributed by atoms with Gasteiger partial charge in [0.1, 0.15) is 5.75 Å². The minimum Gasteiger partial charge on any atom is -0.492 e. The first-order chi connectivity index (χ1) is 43.6. The molecule has 6 rings (SSSR count). The van der Waals surface area contributed by atoms with E-state index in [2.05, 4.69) is 91.8 Å². The lowest BCUT2D eigenvalue weighted by atomic mass is 9.84. The molecule has 0 atom stereocenters. The van der Waals surface area contributed by atoms with E-state index in [9.17, 15) is 0 Å². The first-order valence-corrected chi connectivity index (χ1v) is 37.3. The third-order valence-corrected chi connectivity index (χ3v) is 18.1. The van der Waals surface area contributed by atoms with E-state index in [0.29, 0.717) is 58.6 Å². The van der Waals surface area contributed by atoms with E-state index in [4.69, 9.17) is 37.9 Å². The molecule has 0 heterocycles. The Morgan fingerprint density at radius 1 is 0.182 bits per heavy atom. The van der Waals surface area contributed by atoms with Crippen molar-refractivity contribution in [1.29, 1.82) is 0 Å². The van der Waals surface area contributed by atoms with Gasteiger partial charge in [0.15, 0.2) is 34.5 Å². The van der Waals surface area contributed by atoms with E-state index >= 15 is 0 Å². The molecule has 494 valence electrons. The van der Waals surface area contributed by atoms with Crippen LogP contribution in [-0.2, 0) is 0 Å². The van der Waals surface area contributed by atoms with E-state index in [0.717, 1.165) is 197 Å². The van der Waals surface area contributed by atoms with Gasteiger partial charge in [-0.05, 0) is 74.3 Å². The van der Waals surface area contributed by atoms with E-state index < -0.39 is 0 Å². The Kier molecular flexibility index (Phi) is 36.1. The molecule has 0 radical (unpaired) electrons. The maximum Gasteiger partial charge on any atom is 0.205 e. The zero-order valence-electron chi connectivity index (χ0n) is 57.7. The van der Waals surface area contributed by atoms with Crippen LogP contribution in [0.3, 0.4) is 0 Å². The molecule has 0 aliphatic carbocycles. The van der Waals surface area contributed by atoms with Crippen LogP contribution >= 0.6 is 0 Å². The highest BCUT2D eigenvalue weighted by Gasteiger charge is 2.35. The molecule has 0 bridgehead atoms. The molecule has 0 amide bonds. The van der Waals surface area contributed by atoms with E-state index in [1.165, 1.54) is 154 Å². The molecule has 0 saturated carbocycles.